The molecule has 8 nitrogen and oxygen atoms in total. The second-order valence-corrected chi connectivity index (χ2v) is 9.26. The molecule has 3 aromatic carbocycles. The van der Waals surface area contributed by atoms with Crippen molar-refractivity contribution in [2.75, 3.05) is 18.5 Å². The average Bonchev–Trinajstić information content (AvgIpc) is 3.48. The minimum atomic E-state index is -0.704. The van der Waals surface area contributed by atoms with E-state index in [0.717, 1.165) is 18.4 Å². The maximum absolute atomic E-state index is 12.9. The van der Waals surface area contributed by atoms with Crippen molar-refractivity contribution in [2.45, 2.75) is 38.9 Å². The predicted molar refractivity (Wildman–Crippen MR) is 137 cm³/mol. The molecule has 0 bridgehead atoms. The topological polar surface area (TPSA) is 94.2 Å². The maximum atomic E-state index is 12.9. The van der Waals surface area contributed by atoms with E-state index < -0.39 is 6.10 Å². The van der Waals surface area contributed by atoms with Crippen LogP contribution < -0.4 is 14.8 Å². The molecule has 37 heavy (non-hydrogen) atoms. The number of hydrogen-bond acceptors (Lipinski definition) is 6. The van der Waals surface area contributed by atoms with E-state index in [4.69, 9.17) is 14.2 Å². The zero-order chi connectivity index (χ0) is 25.9. The van der Waals surface area contributed by atoms with Gasteiger partial charge in [-0.1, -0.05) is 23.8 Å². The van der Waals surface area contributed by atoms with E-state index in [0.29, 0.717) is 40.7 Å². The highest BCUT2D eigenvalue weighted by molar-refractivity contribution is 6.21. The Morgan fingerprint density at radius 1 is 1.00 bits per heavy atom. The number of nitrogens with zero attached hydrogens (tertiary/aromatic N) is 1. The normalized spacial score (nSPS) is 17.5. The average molecular weight is 501 g/mol. The second kappa shape index (κ2) is 10.4. The zero-order valence-electron chi connectivity index (χ0n) is 20.7. The van der Waals surface area contributed by atoms with Gasteiger partial charge in [-0.05, 0) is 69.2 Å². The number of carbonyl (C=O) groups excluding carboxylic acids is 3. The number of fused-ring (bicyclic) bond motifs is 1. The Morgan fingerprint density at radius 3 is 2.49 bits per heavy atom. The lowest BCUT2D eigenvalue weighted by Crippen LogP contribution is -2.36. The van der Waals surface area contributed by atoms with Crippen LogP contribution in [0.2, 0.25) is 0 Å². The summed E-state index contributed by atoms with van der Waals surface area (Å²) in [7, 11) is 0. The number of amides is 3. The van der Waals surface area contributed by atoms with Crippen LogP contribution in [0.1, 0.15) is 46.0 Å². The van der Waals surface area contributed by atoms with Crippen LogP contribution in [0.4, 0.5) is 5.69 Å². The molecule has 2 heterocycles. The highest BCUT2D eigenvalue weighted by atomic mass is 16.5. The molecule has 1 fully saturated rings. The standard InChI is InChI=1S/C29H28N2O6/c1-18-8-10-21(11-9-18)36-19(2)27(32)30-20-5-3-6-22(15-20)37-23-12-13-25-26(16-23)29(34)31(28(25)33)17-24-7-4-14-35-24/h3,5-6,8-13,15-16,19,24H,4,7,14,17H2,1-2H3,(H,30,32). The SMILES string of the molecule is Cc1ccc(OC(C)C(=O)Nc2cccc(Oc3ccc4c(c3)C(=O)N(CC3CCCO3)C4=O)c2)cc1. The fraction of sp³-hybridized carbons (Fsp3) is 0.276. The Balaban J connectivity index is 1.23. The fourth-order valence-electron chi connectivity index (χ4n) is 4.38. The molecule has 0 aliphatic carbocycles. The lowest BCUT2D eigenvalue weighted by atomic mass is 10.1. The van der Waals surface area contributed by atoms with E-state index in [1.165, 1.54) is 4.90 Å². The van der Waals surface area contributed by atoms with Crippen molar-refractivity contribution >= 4 is 23.4 Å². The molecule has 0 saturated carbocycles. The largest absolute Gasteiger partial charge is 0.481 e. The van der Waals surface area contributed by atoms with Crippen molar-refractivity contribution in [3.63, 3.8) is 0 Å². The molecule has 2 unspecified atom stereocenters. The minimum Gasteiger partial charge on any atom is -0.481 e. The lowest BCUT2D eigenvalue weighted by molar-refractivity contribution is -0.122. The highest BCUT2D eigenvalue weighted by Crippen LogP contribution is 2.31. The lowest BCUT2D eigenvalue weighted by Gasteiger charge is -2.17. The molecule has 5 rings (SSSR count). The van der Waals surface area contributed by atoms with Crippen LogP contribution in [0, 0.1) is 6.92 Å². The first-order valence-electron chi connectivity index (χ1n) is 12.3. The van der Waals surface area contributed by atoms with Crippen molar-refractivity contribution in [1.82, 2.24) is 4.90 Å². The van der Waals surface area contributed by atoms with Crippen LogP contribution in [0.3, 0.4) is 0 Å². The Hall–Kier alpha value is -4.17. The Morgan fingerprint density at radius 2 is 1.73 bits per heavy atom. The van der Waals surface area contributed by atoms with Crippen LogP contribution in [0.5, 0.6) is 17.2 Å². The summed E-state index contributed by atoms with van der Waals surface area (Å²) in [6.45, 7) is 4.58. The van der Waals surface area contributed by atoms with Crippen molar-refractivity contribution in [3.05, 3.63) is 83.4 Å². The summed E-state index contributed by atoms with van der Waals surface area (Å²) in [6.07, 6.45) is 0.959. The van der Waals surface area contributed by atoms with E-state index in [2.05, 4.69) is 5.32 Å². The van der Waals surface area contributed by atoms with E-state index >= 15 is 0 Å². The van der Waals surface area contributed by atoms with Gasteiger partial charge in [0.25, 0.3) is 17.7 Å². The molecule has 1 N–H and O–H groups in total. The third-order valence-corrected chi connectivity index (χ3v) is 6.39. The zero-order valence-corrected chi connectivity index (χ0v) is 20.7. The number of anilines is 1. The number of rotatable bonds is 8. The van der Waals surface area contributed by atoms with E-state index in [1.807, 2.05) is 31.2 Å². The summed E-state index contributed by atoms with van der Waals surface area (Å²) in [4.78, 5) is 39.6. The smallest absolute Gasteiger partial charge is 0.265 e. The summed E-state index contributed by atoms with van der Waals surface area (Å²) in [6, 6.07) is 19.3. The van der Waals surface area contributed by atoms with E-state index in [1.54, 1.807) is 49.4 Å². The van der Waals surface area contributed by atoms with Crippen molar-refractivity contribution in [1.29, 1.82) is 0 Å². The van der Waals surface area contributed by atoms with Crippen molar-refractivity contribution in [2.24, 2.45) is 0 Å². The first kappa shape index (κ1) is 24.5. The Kier molecular flexibility index (Phi) is 6.92. The van der Waals surface area contributed by atoms with Gasteiger partial charge in [-0.3, -0.25) is 19.3 Å². The van der Waals surface area contributed by atoms with Gasteiger partial charge in [0.2, 0.25) is 0 Å². The number of carbonyl (C=O) groups is 3. The van der Waals surface area contributed by atoms with Gasteiger partial charge < -0.3 is 19.5 Å². The third-order valence-electron chi connectivity index (χ3n) is 6.39. The fourth-order valence-corrected chi connectivity index (χ4v) is 4.38. The molecular weight excluding hydrogens is 472 g/mol. The molecular formula is C29H28N2O6. The number of ether oxygens (including phenoxy) is 3. The summed E-state index contributed by atoms with van der Waals surface area (Å²) in [5, 5.41) is 2.83. The van der Waals surface area contributed by atoms with Gasteiger partial charge in [-0.25, -0.2) is 0 Å². The number of nitrogens with one attached hydrogen (secondary N) is 1. The van der Waals surface area contributed by atoms with E-state index in [-0.39, 0.29) is 30.4 Å². The van der Waals surface area contributed by atoms with Gasteiger partial charge in [-0.2, -0.15) is 0 Å². The molecule has 0 spiro atoms. The number of hydrogen-bond donors (Lipinski definition) is 1. The van der Waals surface area contributed by atoms with Crippen molar-refractivity contribution < 1.29 is 28.6 Å². The molecule has 0 radical (unpaired) electrons. The molecule has 190 valence electrons. The molecule has 1 saturated heterocycles. The van der Waals surface area contributed by atoms with Crippen LogP contribution in [0.15, 0.2) is 66.7 Å². The van der Waals surface area contributed by atoms with Crippen LogP contribution >= 0.6 is 0 Å². The van der Waals surface area contributed by atoms with Gasteiger partial charge >= 0.3 is 0 Å². The molecule has 0 aromatic heterocycles. The summed E-state index contributed by atoms with van der Waals surface area (Å²) >= 11 is 0. The quantitative estimate of drug-likeness (QED) is 0.439. The highest BCUT2D eigenvalue weighted by Gasteiger charge is 2.37. The number of aryl methyl sites for hydroxylation is 1. The van der Waals surface area contributed by atoms with Gasteiger partial charge in [0.05, 0.1) is 23.8 Å². The third kappa shape index (κ3) is 5.49. The van der Waals surface area contributed by atoms with Crippen LogP contribution in [-0.2, 0) is 9.53 Å². The molecule has 2 aliphatic rings. The maximum Gasteiger partial charge on any atom is 0.265 e. The monoisotopic (exact) mass is 500 g/mol. The minimum absolute atomic E-state index is 0.110. The van der Waals surface area contributed by atoms with Gasteiger partial charge in [-0.15, -0.1) is 0 Å². The summed E-state index contributed by atoms with van der Waals surface area (Å²) in [5.74, 6) is 0.546. The van der Waals surface area contributed by atoms with Gasteiger partial charge in [0.1, 0.15) is 17.2 Å². The van der Waals surface area contributed by atoms with Crippen LogP contribution in [-0.4, -0.2) is 48.0 Å². The Bertz CT molecular complexity index is 1330. The molecule has 3 aromatic rings. The van der Waals surface area contributed by atoms with Crippen molar-refractivity contribution in [3.8, 4) is 17.2 Å². The summed E-state index contributed by atoms with van der Waals surface area (Å²) < 4.78 is 17.3. The molecule has 3 amide bonds. The number of benzene rings is 3. The first-order valence-corrected chi connectivity index (χ1v) is 12.3. The molecule has 8 heteroatoms. The summed E-state index contributed by atoms with van der Waals surface area (Å²) in [5.41, 5.74) is 2.32. The first-order chi connectivity index (χ1) is 17.9. The van der Waals surface area contributed by atoms with Gasteiger partial charge in [0, 0.05) is 18.4 Å². The molecule has 2 atom stereocenters. The molecule has 2 aliphatic heterocycles. The Labute approximate surface area is 215 Å². The second-order valence-electron chi connectivity index (χ2n) is 9.26. The van der Waals surface area contributed by atoms with Crippen LogP contribution in [0.25, 0.3) is 0 Å². The van der Waals surface area contributed by atoms with E-state index in [9.17, 15) is 14.4 Å². The number of imide groups is 1. The van der Waals surface area contributed by atoms with Gasteiger partial charge in [0.15, 0.2) is 6.10 Å². The predicted octanol–water partition coefficient (Wildman–Crippen LogP) is 4.97.